The molecule has 1 heterocycles. The first kappa shape index (κ1) is 13.5. The molecule has 1 aliphatic heterocycles. The minimum atomic E-state index is -0.0221. The number of benzene rings is 1. The van der Waals surface area contributed by atoms with E-state index in [0.717, 1.165) is 36.1 Å². The van der Waals surface area contributed by atoms with Crippen molar-refractivity contribution in [1.82, 2.24) is 5.32 Å². The third kappa shape index (κ3) is 1.95. The Morgan fingerprint density at radius 1 is 1.00 bits per heavy atom. The summed E-state index contributed by atoms with van der Waals surface area (Å²) in [6.07, 6.45) is 4.36. The Hall–Kier alpha value is -2.20. The first-order valence-electron chi connectivity index (χ1n) is 7.75. The number of phenolic OH excluding ortho intramolecular Hbond substituents is 1. The average Bonchev–Trinajstić information content (AvgIpc) is 2.75. The molecule has 2 atom stereocenters. The fourth-order valence-corrected chi connectivity index (χ4v) is 3.91. The number of aliphatic hydroxyl groups is 2. The van der Waals surface area contributed by atoms with Gasteiger partial charge in [-0.2, -0.15) is 0 Å². The highest BCUT2D eigenvalue weighted by molar-refractivity contribution is 5.62. The van der Waals surface area contributed by atoms with E-state index in [1.807, 2.05) is 12.1 Å². The molecule has 0 saturated carbocycles. The zero-order valence-corrected chi connectivity index (χ0v) is 12.2. The van der Waals surface area contributed by atoms with Crippen LogP contribution in [0.5, 0.6) is 5.75 Å². The lowest BCUT2D eigenvalue weighted by Gasteiger charge is -2.25. The van der Waals surface area contributed by atoms with Crippen molar-refractivity contribution >= 4 is 0 Å². The summed E-state index contributed by atoms with van der Waals surface area (Å²) in [6.45, 7) is 0.895. The number of phenols is 1. The van der Waals surface area contributed by atoms with E-state index in [2.05, 4.69) is 5.32 Å². The molecule has 4 rings (SSSR count). The molecule has 0 spiro atoms. The van der Waals surface area contributed by atoms with Crippen molar-refractivity contribution in [3.63, 3.8) is 0 Å². The van der Waals surface area contributed by atoms with E-state index in [1.54, 1.807) is 18.2 Å². The highest BCUT2D eigenvalue weighted by atomic mass is 16.3. The molecule has 0 unspecified atom stereocenters. The number of aliphatic hydroxyl groups excluding tert-OH is 2. The fourth-order valence-electron chi connectivity index (χ4n) is 3.91. The molecule has 0 saturated heterocycles. The lowest BCUT2D eigenvalue weighted by molar-refractivity contribution is 0.333. The molecule has 22 heavy (non-hydrogen) atoms. The van der Waals surface area contributed by atoms with E-state index in [-0.39, 0.29) is 17.6 Å². The predicted molar refractivity (Wildman–Crippen MR) is 83.6 cm³/mol. The molecule has 4 heteroatoms. The SMILES string of the molecule is OC1=CC2=C3C1=C(O)CC[C@H]3CCN[C@@H]2c1ccc(O)cc1. The summed E-state index contributed by atoms with van der Waals surface area (Å²) in [5.41, 5.74) is 3.85. The minimum absolute atomic E-state index is 0.0221. The van der Waals surface area contributed by atoms with Crippen molar-refractivity contribution in [3.8, 4) is 5.75 Å². The Labute approximate surface area is 129 Å². The zero-order chi connectivity index (χ0) is 15.3. The number of aromatic hydroxyl groups is 1. The van der Waals surface area contributed by atoms with Gasteiger partial charge in [-0.15, -0.1) is 0 Å². The van der Waals surface area contributed by atoms with Crippen LogP contribution < -0.4 is 5.32 Å². The van der Waals surface area contributed by atoms with Gasteiger partial charge in [-0.05, 0) is 60.2 Å². The zero-order valence-electron chi connectivity index (χ0n) is 12.2. The van der Waals surface area contributed by atoms with Crippen LogP contribution in [0.25, 0.3) is 0 Å². The highest BCUT2D eigenvalue weighted by Gasteiger charge is 2.38. The second-order valence-corrected chi connectivity index (χ2v) is 6.22. The van der Waals surface area contributed by atoms with Gasteiger partial charge < -0.3 is 20.6 Å². The molecular formula is C18H19NO3. The van der Waals surface area contributed by atoms with Crippen LogP contribution in [-0.4, -0.2) is 21.9 Å². The molecule has 1 aromatic rings. The van der Waals surface area contributed by atoms with Crippen LogP contribution in [0.2, 0.25) is 0 Å². The third-order valence-corrected chi connectivity index (χ3v) is 4.93. The van der Waals surface area contributed by atoms with Gasteiger partial charge in [-0.3, -0.25) is 0 Å². The van der Waals surface area contributed by atoms with Crippen LogP contribution >= 0.6 is 0 Å². The van der Waals surface area contributed by atoms with Gasteiger partial charge in [0.2, 0.25) is 0 Å². The van der Waals surface area contributed by atoms with E-state index >= 15 is 0 Å². The van der Waals surface area contributed by atoms with Crippen LogP contribution in [0, 0.1) is 5.92 Å². The first-order chi connectivity index (χ1) is 10.6. The van der Waals surface area contributed by atoms with Gasteiger partial charge in [0.05, 0.1) is 11.6 Å². The van der Waals surface area contributed by atoms with Crippen LogP contribution in [0.1, 0.15) is 30.9 Å². The molecule has 0 fully saturated rings. The number of hydrogen-bond acceptors (Lipinski definition) is 4. The Kier molecular flexibility index (Phi) is 3.01. The van der Waals surface area contributed by atoms with Crippen LogP contribution in [-0.2, 0) is 0 Å². The largest absolute Gasteiger partial charge is 0.512 e. The molecule has 0 amide bonds. The summed E-state index contributed by atoms with van der Waals surface area (Å²) in [4.78, 5) is 0. The third-order valence-electron chi connectivity index (χ3n) is 4.93. The van der Waals surface area contributed by atoms with E-state index in [1.165, 1.54) is 0 Å². The molecule has 3 aliphatic rings. The van der Waals surface area contributed by atoms with Gasteiger partial charge in [-0.25, -0.2) is 0 Å². The summed E-state index contributed by atoms with van der Waals surface area (Å²) in [7, 11) is 0. The Morgan fingerprint density at radius 3 is 2.55 bits per heavy atom. The van der Waals surface area contributed by atoms with Gasteiger partial charge in [0, 0.05) is 6.42 Å². The maximum absolute atomic E-state index is 10.3. The Balaban J connectivity index is 1.86. The normalized spacial score (nSPS) is 27.5. The Bertz CT molecular complexity index is 712. The monoisotopic (exact) mass is 297 g/mol. The molecule has 1 aromatic carbocycles. The first-order valence-corrected chi connectivity index (χ1v) is 7.75. The summed E-state index contributed by atoms with van der Waals surface area (Å²) >= 11 is 0. The lowest BCUT2D eigenvalue weighted by atomic mass is 9.80. The van der Waals surface area contributed by atoms with Crippen LogP contribution in [0.15, 0.2) is 58.6 Å². The van der Waals surface area contributed by atoms with Crippen molar-refractivity contribution in [1.29, 1.82) is 0 Å². The van der Waals surface area contributed by atoms with Gasteiger partial charge >= 0.3 is 0 Å². The smallest absolute Gasteiger partial charge is 0.126 e. The van der Waals surface area contributed by atoms with Crippen molar-refractivity contribution in [2.24, 2.45) is 5.92 Å². The summed E-state index contributed by atoms with van der Waals surface area (Å²) in [5.74, 6) is 1.12. The summed E-state index contributed by atoms with van der Waals surface area (Å²) < 4.78 is 0. The molecule has 4 N–H and O–H groups in total. The van der Waals surface area contributed by atoms with Gasteiger partial charge in [-0.1, -0.05) is 12.1 Å². The van der Waals surface area contributed by atoms with E-state index in [9.17, 15) is 15.3 Å². The fraction of sp³-hybridized carbons (Fsp3) is 0.333. The number of hydrogen-bond donors (Lipinski definition) is 4. The number of rotatable bonds is 1. The predicted octanol–water partition coefficient (Wildman–Crippen LogP) is 3.40. The second kappa shape index (κ2) is 4.92. The van der Waals surface area contributed by atoms with E-state index < -0.39 is 0 Å². The molecule has 0 aromatic heterocycles. The number of allylic oxidation sites excluding steroid dienone is 2. The van der Waals surface area contributed by atoms with Gasteiger partial charge in [0.15, 0.2) is 0 Å². The van der Waals surface area contributed by atoms with Crippen LogP contribution in [0.3, 0.4) is 0 Å². The summed E-state index contributed by atoms with van der Waals surface area (Å²) in [5, 5.41) is 33.5. The van der Waals surface area contributed by atoms with Crippen molar-refractivity contribution in [3.05, 3.63) is 64.1 Å². The lowest BCUT2D eigenvalue weighted by Crippen LogP contribution is -2.22. The van der Waals surface area contributed by atoms with Crippen molar-refractivity contribution in [2.45, 2.75) is 25.3 Å². The summed E-state index contributed by atoms with van der Waals surface area (Å²) in [6, 6.07) is 7.13. The number of nitrogens with one attached hydrogen (secondary N) is 1. The van der Waals surface area contributed by atoms with E-state index in [4.69, 9.17) is 0 Å². The maximum Gasteiger partial charge on any atom is 0.126 e. The quantitative estimate of drug-likeness (QED) is 0.641. The van der Waals surface area contributed by atoms with Crippen LogP contribution in [0.4, 0.5) is 0 Å². The highest BCUT2D eigenvalue weighted by Crippen LogP contribution is 2.48. The maximum atomic E-state index is 10.3. The minimum Gasteiger partial charge on any atom is -0.512 e. The Morgan fingerprint density at radius 2 is 1.77 bits per heavy atom. The van der Waals surface area contributed by atoms with Crippen molar-refractivity contribution in [2.75, 3.05) is 6.54 Å². The standard InChI is InChI=1S/C18H19NO3/c20-12-4-1-11(2-5-12)18-13-9-15(22)17-14(21)6-3-10(16(13)17)7-8-19-18/h1-2,4-5,9-10,18-22H,3,6-8H2/t10-,18+/m0/s1. The van der Waals surface area contributed by atoms with Gasteiger partial charge in [0.1, 0.15) is 17.3 Å². The average molecular weight is 297 g/mol. The molecule has 2 aliphatic carbocycles. The van der Waals surface area contributed by atoms with Crippen molar-refractivity contribution < 1.29 is 15.3 Å². The molecule has 0 radical (unpaired) electrons. The second-order valence-electron chi connectivity index (χ2n) is 6.22. The topological polar surface area (TPSA) is 72.7 Å². The molecule has 0 bridgehead atoms. The van der Waals surface area contributed by atoms with Gasteiger partial charge in [0.25, 0.3) is 0 Å². The molecule has 114 valence electrons. The molecular weight excluding hydrogens is 278 g/mol. The molecule has 4 nitrogen and oxygen atoms in total. The van der Waals surface area contributed by atoms with E-state index in [0.29, 0.717) is 23.7 Å².